The van der Waals surface area contributed by atoms with Gasteiger partial charge in [-0.05, 0) is 129 Å². The third-order valence-corrected chi connectivity index (χ3v) is 11.1. The Morgan fingerprint density at radius 1 is 0.494 bits per heavy atom. The number of pyridine rings is 1. The molecular formula is C54H33F2N5O16. The molecule has 0 saturated carbocycles. The lowest BCUT2D eigenvalue weighted by atomic mass is 10.1. The number of benzene rings is 5. The van der Waals surface area contributed by atoms with Gasteiger partial charge < -0.3 is 56.4 Å². The molecule has 12 aromatic rings. The van der Waals surface area contributed by atoms with Crippen LogP contribution < -0.4 is 9.47 Å². The molecule has 0 spiro atoms. The SMILES string of the molecule is Cc1cc(-c2nc3cc(C(=O)O)ccc3o2)c(C)o1.O=C(O)c1ccc2nc(-c3cccc4c3OC(F)(F)O4)oc2c1.O=C(O)c1ccc2oc(-c3ccco3)nc2c1.O=C(O)c1cccc(-c2nc3ncccc3o2)c1. The molecule has 0 bridgehead atoms. The molecule has 21 nitrogen and oxygen atoms in total. The molecule has 0 radical (unpaired) electrons. The van der Waals surface area contributed by atoms with Gasteiger partial charge in [-0.25, -0.2) is 39.1 Å². The summed E-state index contributed by atoms with van der Waals surface area (Å²) >= 11 is 0. The van der Waals surface area contributed by atoms with Crippen LogP contribution in [0.25, 0.3) is 90.5 Å². The molecular weight excluding hydrogens is 1010 g/mol. The van der Waals surface area contributed by atoms with E-state index in [0.29, 0.717) is 67.9 Å². The van der Waals surface area contributed by atoms with Gasteiger partial charge in [0.1, 0.15) is 28.1 Å². The molecule has 8 heterocycles. The van der Waals surface area contributed by atoms with Crippen LogP contribution in [0.2, 0.25) is 0 Å². The lowest BCUT2D eigenvalue weighted by Crippen LogP contribution is -2.26. The molecule has 0 amide bonds. The maximum Gasteiger partial charge on any atom is 0.586 e. The summed E-state index contributed by atoms with van der Waals surface area (Å²) in [6.45, 7) is 3.68. The van der Waals surface area contributed by atoms with Crippen molar-refractivity contribution in [3.63, 3.8) is 0 Å². The number of carboxylic acid groups (broad SMARTS) is 4. The van der Waals surface area contributed by atoms with Gasteiger partial charge in [0, 0.05) is 11.8 Å². The topological polar surface area (TPSA) is 311 Å². The molecule has 5 aromatic carbocycles. The lowest BCUT2D eigenvalue weighted by molar-refractivity contribution is -0.286. The molecule has 0 unspecified atom stereocenters. The van der Waals surface area contributed by atoms with Gasteiger partial charge in [0.05, 0.1) is 39.6 Å². The maximum absolute atomic E-state index is 13.2. The van der Waals surface area contributed by atoms with E-state index < -0.39 is 30.2 Å². The summed E-state index contributed by atoms with van der Waals surface area (Å²) in [6, 6.07) is 32.9. The van der Waals surface area contributed by atoms with Crippen molar-refractivity contribution in [3.8, 4) is 57.5 Å². The number of nitrogens with zero attached hydrogens (tertiary/aromatic N) is 5. The predicted octanol–water partition coefficient (Wildman–Crippen LogP) is 12.3. The normalized spacial score (nSPS) is 12.1. The largest absolute Gasteiger partial charge is 0.586 e. The van der Waals surface area contributed by atoms with Gasteiger partial charge in [0.15, 0.2) is 45.2 Å². The fraction of sp³-hybridized carbons (Fsp3) is 0.0556. The van der Waals surface area contributed by atoms with Crippen LogP contribution in [-0.4, -0.2) is 75.5 Å². The number of fused-ring (bicyclic) bond motifs is 5. The second-order valence-electron chi connectivity index (χ2n) is 16.4. The molecule has 1 aliphatic rings. The Morgan fingerprint density at radius 2 is 1.09 bits per heavy atom. The highest BCUT2D eigenvalue weighted by atomic mass is 19.3. The van der Waals surface area contributed by atoms with Gasteiger partial charge in [0.2, 0.25) is 17.7 Å². The van der Waals surface area contributed by atoms with Crippen molar-refractivity contribution in [2.24, 2.45) is 0 Å². The van der Waals surface area contributed by atoms with Gasteiger partial charge >= 0.3 is 30.2 Å². The van der Waals surface area contributed by atoms with Crippen molar-refractivity contribution in [3.05, 3.63) is 174 Å². The minimum absolute atomic E-state index is 0.0284. The minimum Gasteiger partial charge on any atom is -0.478 e. The number of alkyl halides is 2. The highest BCUT2D eigenvalue weighted by Crippen LogP contribution is 2.47. The quantitative estimate of drug-likeness (QED) is 0.110. The molecule has 0 aliphatic carbocycles. The second kappa shape index (κ2) is 20.1. The maximum atomic E-state index is 13.2. The zero-order chi connectivity index (χ0) is 54.1. The third kappa shape index (κ3) is 10.6. The molecule has 13 rings (SSSR count). The highest BCUT2D eigenvalue weighted by molar-refractivity contribution is 5.94. The number of oxazole rings is 4. The van der Waals surface area contributed by atoms with Gasteiger partial charge in [0.25, 0.3) is 5.89 Å². The van der Waals surface area contributed by atoms with E-state index >= 15 is 0 Å². The summed E-state index contributed by atoms with van der Waals surface area (Å²) in [5.41, 5.74) is 5.99. The smallest absolute Gasteiger partial charge is 0.478 e. The van der Waals surface area contributed by atoms with E-state index in [2.05, 4.69) is 34.4 Å². The highest BCUT2D eigenvalue weighted by Gasteiger charge is 2.45. The first kappa shape index (κ1) is 49.6. The van der Waals surface area contributed by atoms with Crippen molar-refractivity contribution in [2.45, 2.75) is 20.1 Å². The summed E-state index contributed by atoms with van der Waals surface area (Å²) in [6.07, 6.45) is -0.601. The number of carboxylic acids is 4. The van der Waals surface area contributed by atoms with Crippen molar-refractivity contribution < 1.29 is 84.4 Å². The second-order valence-corrected chi connectivity index (χ2v) is 16.4. The molecule has 4 N–H and O–H groups in total. The Labute approximate surface area is 427 Å². The monoisotopic (exact) mass is 1050 g/mol. The van der Waals surface area contributed by atoms with E-state index in [9.17, 15) is 28.0 Å². The Hall–Kier alpha value is -11.0. The molecule has 0 atom stereocenters. The summed E-state index contributed by atoms with van der Waals surface area (Å²) in [7, 11) is 0. The number of aromatic carboxylic acids is 4. The molecule has 0 saturated heterocycles. The van der Waals surface area contributed by atoms with Gasteiger partial charge in [-0.2, -0.15) is 4.98 Å². The molecule has 77 heavy (non-hydrogen) atoms. The number of rotatable bonds is 8. The van der Waals surface area contributed by atoms with E-state index in [4.69, 9.17) is 46.9 Å². The zero-order valence-corrected chi connectivity index (χ0v) is 39.5. The van der Waals surface area contributed by atoms with Crippen LogP contribution in [0.4, 0.5) is 8.78 Å². The summed E-state index contributed by atoms with van der Waals surface area (Å²) < 4.78 is 68.0. The number of furan rings is 2. The molecule has 1 aliphatic heterocycles. The Kier molecular flexibility index (Phi) is 13.0. The van der Waals surface area contributed by atoms with Crippen LogP contribution in [-0.2, 0) is 0 Å². The van der Waals surface area contributed by atoms with Gasteiger partial charge in [-0.1, -0.05) is 12.1 Å². The number of aromatic nitrogens is 5. The first-order chi connectivity index (χ1) is 36.9. The number of ether oxygens (including phenoxy) is 2. The van der Waals surface area contributed by atoms with Crippen LogP contribution in [0.3, 0.4) is 0 Å². The fourth-order valence-corrected chi connectivity index (χ4v) is 7.57. The summed E-state index contributed by atoms with van der Waals surface area (Å²) in [5.74, 6) is -1.18. The number of hydrogen-bond donors (Lipinski definition) is 4. The van der Waals surface area contributed by atoms with Crippen LogP contribution >= 0.6 is 0 Å². The Balaban J connectivity index is 0.000000117. The third-order valence-electron chi connectivity index (χ3n) is 11.1. The predicted molar refractivity (Wildman–Crippen MR) is 264 cm³/mol. The Morgan fingerprint density at radius 3 is 1.74 bits per heavy atom. The molecule has 7 aromatic heterocycles. The first-order valence-electron chi connectivity index (χ1n) is 22.4. The summed E-state index contributed by atoms with van der Waals surface area (Å²) in [4.78, 5) is 64.5. The van der Waals surface area contributed by atoms with E-state index in [-0.39, 0.29) is 50.8 Å². The number of halogens is 2. The standard InChI is InChI=1S/C15H7F2NO5.C14H11NO4.C13H8N2O3.C12H7NO4/c16-15(17)22-10-3-1-2-8(12(10)23-15)13-18-9-5-4-7(14(19)20)6-11(9)21-13;1-7-5-10(8(2)18-7)13-15-11-6-9(14(16)17)3-4-12(11)19-13;16-13(17)9-4-1-3-8(7-9)12-15-11-10(18-12)5-2-6-14-11;14-12(15)7-3-4-9-8(6-7)13-11(17-9)10-2-1-5-16-10/h1-6H,(H,19,20);3-6H,1-2H3,(H,16,17);1-7H,(H,16,17);1-6H,(H,14,15). The van der Waals surface area contributed by atoms with E-state index in [1.165, 1.54) is 79.1 Å². The number of aryl methyl sites for hydroxylation is 2. The van der Waals surface area contributed by atoms with E-state index in [1.54, 1.807) is 54.7 Å². The van der Waals surface area contributed by atoms with Crippen molar-refractivity contribution in [2.75, 3.05) is 0 Å². The Bertz CT molecular complexity index is 4190. The fourth-order valence-electron chi connectivity index (χ4n) is 7.57. The number of hydrogen-bond acceptors (Lipinski definition) is 17. The molecule has 0 fully saturated rings. The van der Waals surface area contributed by atoms with Gasteiger partial charge in [-0.3, -0.25) is 0 Å². The average molecular weight is 1050 g/mol. The number of carbonyl (C=O) groups is 4. The molecule has 23 heteroatoms. The minimum atomic E-state index is -3.75. The van der Waals surface area contributed by atoms with E-state index in [1.807, 2.05) is 19.9 Å². The molecule has 384 valence electrons. The summed E-state index contributed by atoms with van der Waals surface area (Å²) in [5, 5.41) is 35.7. The van der Waals surface area contributed by atoms with Crippen LogP contribution in [0.15, 0.2) is 166 Å². The van der Waals surface area contributed by atoms with Crippen LogP contribution in [0.5, 0.6) is 11.5 Å². The zero-order valence-electron chi connectivity index (χ0n) is 39.5. The number of para-hydroxylation sites is 1. The first-order valence-corrected chi connectivity index (χ1v) is 22.4. The van der Waals surface area contributed by atoms with Crippen LogP contribution in [0, 0.1) is 13.8 Å². The van der Waals surface area contributed by atoms with Crippen molar-refractivity contribution >= 4 is 68.4 Å². The van der Waals surface area contributed by atoms with Crippen molar-refractivity contribution in [1.29, 1.82) is 0 Å². The average Bonchev–Trinajstić information content (AvgIpc) is 4.32. The van der Waals surface area contributed by atoms with E-state index in [0.717, 1.165) is 17.1 Å². The lowest BCUT2D eigenvalue weighted by Gasteiger charge is -2.05. The van der Waals surface area contributed by atoms with Gasteiger partial charge in [-0.15, -0.1) is 8.78 Å². The van der Waals surface area contributed by atoms with Crippen molar-refractivity contribution in [1.82, 2.24) is 24.9 Å². The van der Waals surface area contributed by atoms with Crippen LogP contribution in [0.1, 0.15) is 53.0 Å².